The molecule has 0 aliphatic carbocycles. The molecule has 2 aromatic rings. The van der Waals surface area contributed by atoms with Crippen LogP contribution in [0, 0.1) is 6.92 Å². The maximum absolute atomic E-state index is 12.5. The van der Waals surface area contributed by atoms with E-state index < -0.39 is 16.0 Å². The Kier molecular flexibility index (Phi) is 6.85. The van der Waals surface area contributed by atoms with E-state index in [1.54, 1.807) is 13.0 Å². The van der Waals surface area contributed by atoms with Gasteiger partial charge in [-0.3, -0.25) is 0 Å². The highest BCUT2D eigenvalue weighted by Crippen LogP contribution is 2.24. The van der Waals surface area contributed by atoms with E-state index in [1.807, 2.05) is 24.3 Å². The summed E-state index contributed by atoms with van der Waals surface area (Å²) in [5, 5.41) is 0. The monoisotopic (exact) mass is 405 g/mol. The summed E-state index contributed by atoms with van der Waals surface area (Å²) in [7, 11) is -2.50. The molecule has 0 aliphatic rings. The zero-order valence-corrected chi connectivity index (χ0v) is 17.7. The van der Waals surface area contributed by atoms with Gasteiger partial charge in [-0.1, -0.05) is 39.0 Å². The average Bonchev–Trinajstić information content (AvgIpc) is 2.64. The van der Waals surface area contributed by atoms with E-state index in [0.717, 1.165) is 0 Å². The fourth-order valence-corrected chi connectivity index (χ4v) is 3.62. The molecule has 0 radical (unpaired) electrons. The first-order chi connectivity index (χ1) is 13.0. The number of methoxy groups -OCH3 is 1. The summed E-state index contributed by atoms with van der Waals surface area (Å²) in [6.45, 7) is 8.40. The first-order valence-corrected chi connectivity index (χ1v) is 10.4. The average molecular weight is 406 g/mol. The number of esters is 1. The third-order valence-corrected chi connectivity index (χ3v) is 5.77. The Hall–Kier alpha value is -2.38. The Labute approximate surface area is 166 Å². The highest BCUT2D eigenvalue weighted by molar-refractivity contribution is 7.89. The Morgan fingerprint density at radius 1 is 1.07 bits per heavy atom. The van der Waals surface area contributed by atoms with Gasteiger partial charge in [0.1, 0.15) is 12.4 Å². The molecule has 0 atom stereocenters. The van der Waals surface area contributed by atoms with Crippen LogP contribution >= 0.6 is 0 Å². The zero-order chi connectivity index (χ0) is 20.9. The Balaban J connectivity index is 1.96. The summed E-state index contributed by atoms with van der Waals surface area (Å²) in [4.78, 5) is 11.8. The van der Waals surface area contributed by atoms with Gasteiger partial charge < -0.3 is 9.47 Å². The molecule has 28 heavy (non-hydrogen) atoms. The van der Waals surface area contributed by atoms with Gasteiger partial charge in [-0.15, -0.1) is 0 Å². The fourth-order valence-electron chi connectivity index (χ4n) is 2.58. The third kappa shape index (κ3) is 5.56. The third-order valence-electron chi connectivity index (χ3n) is 4.31. The van der Waals surface area contributed by atoms with Crippen molar-refractivity contribution in [1.82, 2.24) is 4.72 Å². The zero-order valence-electron chi connectivity index (χ0n) is 16.9. The first-order valence-electron chi connectivity index (χ1n) is 8.96. The molecule has 0 fully saturated rings. The first kappa shape index (κ1) is 21.9. The lowest BCUT2D eigenvalue weighted by molar-refractivity contribution is 0.0599. The SMILES string of the molecule is COC(=O)c1cc(S(=O)(=O)NCCOc2ccc(C(C)(C)C)cc2)ccc1C. The van der Waals surface area contributed by atoms with Crippen LogP contribution in [0.2, 0.25) is 0 Å². The van der Waals surface area contributed by atoms with Crippen molar-refractivity contribution >= 4 is 16.0 Å². The second kappa shape index (κ2) is 8.75. The number of rotatable bonds is 7. The molecule has 152 valence electrons. The van der Waals surface area contributed by atoms with Crippen LogP contribution in [0.25, 0.3) is 0 Å². The lowest BCUT2D eigenvalue weighted by atomic mass is 9.87. The minimum Gasteiger partial charge on any atom is -0.492 e. The molecule has 2 aromatic carbocycles. The number of carbonyl (C=O) groups is 1. The van der Waals surface area contributed by atoms with E-state index in [4.69, 9.17) is 4.74 Å². The lowest BCUT2D eigenvalue weighted by Gasteiger charge is -2.19. The van der Waals surface area contributed by atoms with E-state index in [1.165, 1.54) is 24.8 Å². The standard InChI is InChI=1S/C21H27NO5S/c1-15-6-11-18(14-19(15)20(23)26-5)28(24,25)22-12-13-27-17-9-7-16(8-10-17)21(2,3)4/h6-11,14,22H,12-13H2,1-5H3. The second-order valence-electron chi connectivity index (χ2n) is 7.49. The van der Waals surface area contributed by atoms with Crippen LogP contribution in [-0.2, 0) is 20.2 Å². The van der Waals surface area contributed by atoms with Crippen molar-refractivity contribution in [1.29, 1.82) is 0 Å². The number of aryl methyl sites for hydroxylation is 1. The van der Waals surface area contributed by atoms with Crippen molar-refractivity contribution < 1.29 is 22.7 Å². The van der Waals surface area contributed by atoms with Crippen LogP contribution in [0.3, 0.4) is 0 Å². The highest BCUT2D eigenvalue weighted by Gasteiger charge is 2.18. The normalized spacial score (nSPS) is 11.9. The van der Waals surface area contributed by atoms with Gasteiger partial charge in [-0.25, -0.2) is 17.9 Å². The molecule has 0 spiro atoms. The van der Waals surface area contributed by atoms with Crippen LogP contribution in [-0.4, -0.2) is 34.6 Å². The molecule has 0 saturated carbocycles. The number of benzene rings is 2. The van der Waals surface area contributed by atoms with Crippen LogP contribution in [0.5, 0.6) is 5.75 Å². The summed E-state index contributed by atoms with van der Waals surface area (Å²) in [6.07, 6.45) is 0. The van der Waals surface area contributed by atoms with Gasteiger partial charge >= 0.3 is 5.97 Å². The van der Waals surface area contributed by atoms with Gasteiger partial charge in [-0.05, 0) is 47.7 Å². The molecule has 0 aliphatic heterocycles. The van der Waals surface area contributed by atoms with Gasteiger partial charge in [0.25, 0.3) is 0 Å². The van der Waals surface area contributed by atoms with Crippen LogP contribution < -0.4 is 9.46 Å². The molecule has 6 nitrogen and oxygen atoms in total. The summed E-state index contributed by atoms with van der Waals surface area (Å²) in [5.41, 5.74) is 2.13. The largest absolute Gasteiger partial charge is 0.492 e. The van der Waals surface area contributed by atoms with Crippen molar-refractivity contribution in [2.45, 2.75) is 38.0 Å². The summed E-state index contributed by atoms with van der Waals surface area (Å²) < 4.78 is 37.7. The maximum atomic E-state index is 12.5. The number of nitrogens with one attached hydrogen (secondary N) is 1. The molecule has 0 amide bonds. The number of carbonyl (C=O) groups excluding carboxylic acids is 1. The number of hydrogen-bond donors (Lipinski definition) is 1. The van der Waals surface area contributed by atoms with Crippen molar-refractivity contribution in [3.8, 4) is 5.75 Å². The van der Waals surface area contributed by atoms with Crippen LogP contribution in [0.4, 0.5) is 0 Å². The van der Waals surface area contributed by atoms with E-state index in [0.29, 0.717) is 11.3 Å². The van der Waals surface area contributed by atoms with E-state index in [9.17, 15) is 13.2 Å². The fraction of sp³-hybridized carbons (Fsp3) is 0.381. The van der Waals surface area contributed by atoms with Crippen molar-refractivity contribution in [3.63, 3.8) is 0 Å². The van der Waals surface area contributed by atoms with Gasteiger partial charge in [0.05, 0.1) is 17.6 Å². The number of sulfonamides is 1. The predicted octanol–water partition coefficient (Wildman–Crippen LogP) is 3.44. The molecule has 0 bridgehead atoms. The minimum atomic E-state index is -3.76. The van der Waals surface area contributed by atoms with E-state index >= 15 is 0 Å². The Morgan fingerprint density at radius 3 is 2.29 bits per heavy atom. The molecular formula is C21H27NO5S. The maximum Gasteiger partial charge on any atom is 0.338 e. The summed E-state index contributed by atoms with van der Waals surface area (Å²) >= 11 is 0. The Morgan fingerprint density at radius 2 is 1.71 bits per heavy atom. The Bertz CT molecular complexity index is 928. The smallest absolute Gasteiger partial charge is 0.338 e. The number of hydrogen-bond acceptors (Lipinski definition) is 5. The number of ether oxygens (including phenoxy) is 2. The molecule has 0 unspecified atom stereocenters. The van der Waals surface area contributed by atoms with Crippen molar-refractivity contribution in [2.24, 2.45) is 0 Å². The van der Waals surface area contributed by atoms with Gasteiger partial charge in [-0.2, -0.15) is 0 Å². The molecular weight excluding hydrogens is 378 g/mol. The van der Waals surface area contributed by atoms with Crippen molar-refractivity contribution in [3.05, 3.63) is 59.2 Å². The highest BCUT2D eigenvalue weighted by atomic mass is 32.2. The van der Waals surface area contributed by atoms with E-state index in [2.05, 4.69) is 30.2 Å². The quantitative estimate of drug-likeness (QED) is 0.564. The topological polar surface area (TPSA) is 81.7 Å². The van der Waals surface area contributed by atoms with Gasteiger partial charge in [0, 0.05) is 6.54 Å². The molecule has 0 saturated heterocycles. The molecule has 2 rings (SSSR count). The lowest BCUT2D eigenvalue weighted by Crippen LogP contribution is -2.28. The minimum absolute atomic E-state index is 0.00744. The van der Waals surface area contributed by atoms with Crippen molar-refractivity contribution in [2.75, 3.05) is 20.3 Å². The van der Waals surface area contributed by atoms with Crippen LogP contribution in [0.15, 0.2) is 47.4 Å². The summed E-state index contributed by atoms with van der Waals surface area (Å²) in [5.74, 6) is 0.104. The van der Waals surface area contributed by atoms with Gasteiger partial charge in [0.15, 0.2) is 0 Å². The van der Waals surface area contributed by atoms with E-state index in [-0.39, 0.29) is 29.0 Å². The summed E-state index contributed by atoms with van der Waals surface area (Å²) in [6, 6.07) is 12.1. The van der Waals surface area contributed by atoms with Gasteiger partial charge in [0.2, 0.25) is 10.0 Å². The molecule has 0 aromatic heterocycles. The molecule has 0 heterocycles. The molecule has 7 heteroatoms. The van der Waals surface area contributed by atoms with Crippen LogP contribution in [0.1, 0.15) is 42.3 Å². The predicted molar refractivity (Wildman–Crippen MR) is 108 cm³/mol. The second-order valence-corrected chi connectivity index (χ2v) is 9.26. The molecule has 1 N–H and O–H groups in total.